The van der Waals surface area contributed by atoms with Gasteiger partial charge in [-0.2, -0.15) is 0 Å². The lowest BCUT2D eigenvalue weighted by molar-refractivity contribution is 0.602. The molecule has 6 nitrogen and oxygen atoms in total. The van der Waals surface area contributed by atoms with Gasteiger partial charge in [-0.1, -0.05) is 6.92 Å². The molecule has 0 unspecified atom stereocenters. The van der Waals surface area contributed by atoms with Gasteiger partial charge in [0, 0.05) is 23.8 Å². The molecule has 108 valence electrons. The lowest BCUT2D eigenvalue weighted by atomic mass is 10.4. The number of hydrogen-bond donors (Lipinski definition) is 2. The number of anilines is 1. The second-order valence-corrected chi connectivity index (χ2v) is 7.15. The topological polar surface area (TPSA) is 84.0 Å². The average molecular weight is 312 g/mol. The first-order chi connectivity index (χ1) is 9.62. The molecular formula is C12H16N4O2S2. The molecule has 0 amide bonds. The number of rotatable bonds is 7. The van der Waals surface area contributed by atoms with Crippen molar-refractivity contribution in [2.45, 2.75) is 24.1 Å². The van der Waals surface area contributed by atoms with Crippen LogP contribution >= 0.6 is 11.3 Å². The van der Waals surface area contributed by atoms with Crippen LogP contribution in [0.2, 0.25) is 0 Å². The summed E-state index contributed by atoms with van der Waals surface area (Å²) in [4.78, 5) is 8.68. The molecule has 0 bridgehead atoms. The summed E-state index contributed by atoms with van der Waals surface area (Å²) in [6.07, 6.45) is 4.02. The van der Waals surface area contributed by atoms with Crippen LogP contribution in [0.5, 0.6) is 0 Å². The SMILES string of the molecule is CCCNCc1ccc(S(=O)(=O)Nc2ncccn2)s1. The second-order valence-electron chi connectivity index (χ2n) is 4.08. The Labute approximate surface area is 122 Å². The predicted molar refractivity (Wildman–Crippen MR) is 79.2 cm³/mol. The fraction of sp³-hybridized carbons (Fsp3) is 0.333. The Kier molecular flexibility index (Phi) is 5.05. The fourth-order valence-corrected chi connectivity index (χ4v) is 3.79. The number of nitrogens with zero attached hydrogens (tertiary/aromatic N) is 2. The van der Waals surface area contributed by atoms with Gasteiger partial charge in [0.1, 0.15) is 4.21 Å². The van der Waals surface area contributed by atoms with E-state index in [1.807, 2.05) is 6.07 Å². The molecule has 0 saturated heterocycles. The van der Waals surface area contributed by atoms with Gasteiger partial charge >= 0.3 is 0 Å². The van der Waals surface area contributed by atoms with Crippen molar-refractivity contribution in [3.05, 3.63) is 35.5 Å². The molecule has 8 heteroatoms. The molecule has 0 atom stereocenters. The van der Waals surface area contributed by atoms with Gasteiger partial charge in [-0.3, -0.25) is 0 Å². The molecule has 0 aliphatic heterocycles. The molecule has 0 fully saturated rings. The van der Waals surface area contributed by atoms with Crippen LogP contribution in [-0.4, -0.2) is 24.9 Å². The minimum absolute atomic E-state index is 0.0755. The van der Waals surface area contributed by atoms with Gasteiger partial charge < -0.3 is 5.32 Å². The Morgan fingerprint density at radius 1 is 1.25 bits per heavy atom. The maximum absolute atomic E-state index is 12.1. The molecule has 2 aromatic heterocycles. The maximum atomic E-state index is 12.1. The van der Waals surface area contributed by atoms with E-state index < -0.39 is 10.0 Å². The highest BCUT2D eigenvalue weighted by Crippen LogP contribution is 2.22. The van der Waals surface area contributed by atoms with Crippen molar-refractivity contribution in [1.29, 1.82) is 0 Å². The van der Waals surface area contributed by atoms with E-state index in [0.29, 0.717) is 6.54 Å². The zero-order chi connectivity index (χ0) is 14.4. The molecule has 0 saturated carbocycles. The summed E-state index contributed by atoms with van der Waals surface area (Å²) < 4.78 is 26.9. The molecule has 0 radical (unpaired) electrons. The highest BCUT2D eigenvalue weighted by atomic mass is 32.2. The number of aromatic nitrogens is 2. The van der Waals surface area contributed by atoms with Crippen molar-refractivity contribution >= 4 is 27.3 Å². The highest BCUT2D eigenvalue weighted by molar-refractivity contribution is 7.94. The summed E-state index contributed by atoms with van der Waals surface area (Å²) in [5.74, 6) is 0.0755. The smallest absolute Gasteiger partial charge is 0.273 e. The van der Waals surface area contributed by atoms with E-state index in [1.165, 1.54) is 23.7 Å². The lowest BCUT2D eigenvalue weighted by Gasteiger charge is -2.03. The van der Waals surface area contributed by atoms with Gasteiger partial charge in [0.05, 0.1) is 0 Å². The first-order valence-electron chi connectivity index (χ1n) is 6.21. The molecule has 0 aliphatic carbocycles. The monoisotopic (exact) mass is 312 g/mol. The third kappa shape index (κ3) is 3.99. The van der Waals surface area contributed by atoms with Crippen LogP contribution in [0.4, 0.5) is 5.95 Å². The van der Waals surface area contributed by atoms with Crippen molar-refractivity contribution in [3.63, 3.8) is 0 Å². The van der Waals surface area contributed by atoms with Crippen LogP contribution in [0.3, 0.4) is 0 Å². The van der Waals surface area contributed by atoms with Crippen LogP contribution in [0.25, 0.3) is 0 Å². The van der Waals surface area contributed by atoms with Crippen molar-refractivity contribution in [2.75, 3.05) is 11.3 Å². The largest absolute Gasteiger partial charge is 0.312 e. The Hall–Kier alpha value is -1.51. The third-order valence-electron chi connectivity index (χ3n) is 2.42. The lowest BCUT2D eigenvalue weighted by Crippen LogP contribution is -2.14. The first kappa shape index (κ1) is 14.9. The van der Waals surface area contributed by atoms with Gasteiger partial charge in [0.2, 0.25) is 5.95 Å². The summed E-state index contributed by atoms with van der Waals surface area (Å²) in [5.41, 5.74) is 0. The fourth-order valence-electron chi connectivity index (χ4n) is 1.51. The van der Waals surface area contributed by atoms with Gasteiger partial charge in [-0.15, -0.1) is 11.3 Å². The van der Waals surface area contributed by atoms with E-state index in [-0.39, 0.29) is 10.2 Å². The summed E-state index contributed by atoms with van der Waals surface area (Å²) in [6, 6.07) is 5.03. The summed E-state index contributed by atoms with van der Waals surface area (Å²) in [5, 5.41) is 3.24. The van der Waals surface area contributed by atoms with Crippen LogP contribution in [0.15, 0.2) is 34.8 Å². The molecule has 0 aliphatic rings. The van der Waals surface area contributed by atoms with Crippen molar-refractivity contribution in [1.82, 2.24) is 15.3 Å². The third-order valence-corrected chi connectivity index (χ3v) is 5.32. The summed E-state index contributed by atoms with van der Waals surface area (Å²) in [6.45, 7) is 3.67. The molecule has 2 rings (SSSR count). The summed E-state index contributed by atoms with van der Waals surface area (Å²) >= 11 is 1.24. The molecular weight excluding hydrogens is 296 g/mol. The van der Waals surface area contributed by atoms with E-state index in [0.717, 1.165) is 17.8 Å². The maximum Gasteiger partial charge on any atom is 0.273 e. The minimum atomic E-state index is -3.61. The van der Waals surface area contributed by atoms with Crippen LogP contribution in [0, 0.1) is 0 Å². The Bertz CT molecular complexity index is 640. The van der Waals surface area contributed by atoms with E-state index in [4.69, 9.17) is 0 Å². The molecule has 20 heavy (non-hydrogen) atoms. The van der Waals surface area contributed by atoms with Crippen molar-refractivity contribution < 1.29 is 8.42 Å². The molecule has 0 aromatic carbocycles. The Balaban J connectivity index is 2.06. The van der Waals surface area contributed by atoms with Crippen molar-refractivity contribution in [2.24, 2.45) is 0 Å². The van der Waals surface area contributed by atoms with Gasteiger partial charge in [-0.05, 0) is 31.2 Å². The number of hydrogen-bond acceptors (Lipinski definition) is 6. The van der Waals surface area contributed by atoms with Gasteiger partial charge in [0.15, 0.2) is 0 Å². The minimum Gasteiger partial charge on any atom is -0.312 e. The normalized spacial score (nSPS) is 11.4. The second kappa shape index (κ2) is 6.78. The zero-order valence-electron chi connectivity index (χ0n) is 11.0. The first-order valence-corrected chi connectivity index (χ1v) is 8.51. The number of sulfonamides is 1. The standard InChI is InChI=1S/C12H16N4O2S2/c1-2-6-13-9-10-4-5-11(19-10)20(17,18)16-12-14-7-3-8-15-12/h3-5,7-8,13H,2,6,9H2,1H3,(H,14,15,16). The van der Waals surface area contributed by atoms with Gasteiger partial charge in [-0.25, -0.2) is 23.1 Å². The molecule has 2 N–H and O–H groups in total. The summed E-state index contributed by atoms with van der Waals surface area (Å²) in [7, 11) is -3.61. The van der Waals surface area contributed by atoms with Gasteiger partial charge in [0.25, 0.3) is 10.0 Å². The quantitative estimate of drug-likeness (QED) is 0.762. The molecule has 2 heterocycles. The average Bonchev–Trinajstić information content (AvgIpc) is 2.89. The highest BCUT2D eigenvalue weighted by Gasteiger charge is 2.17. The zero-order valence-corrected chi connectivity index (χ0v) is 12.7. The van der Waals surface area contributed by atoms with E-state index >= 15 is 0 Å². The van der Waals surface area contributed by atoms with Crippen LogP contribution < -0.4 is 10.0 Å². The van der Waals surface area contributed by atoms with Crippen molar-refractivity contribution in [3.8, 4) is 0 Å². The molecule has 2 aromatic rings. The Morgan fingerprint density at radius 2 is 2.00 bits per heavy atom. The predicted octanol–water partition coefficient (Wildman–Crippen LogP) is 1.84. The van der Waals surface area contributed by atoms with E-state index in [2.05, 4.69) is 26.9 Å². The molecule has 0 spiro atoms. The van der Waals surface area contributed by atoms with E-state index in [1.54, 1.807) is 12.1 Å². The Morgan fingerprint density at radius 3 is 2.70 bits per heavy atom. The number of nitrogens with one attached hydrogen (secondary N) is 2. The van der Waals surface area contributed by atoms with Crippen LogP contribution in [0.1, 0.15) is 18.2 Å². The number of thiophene rings is 1. The van der Waals surface area contributed by atoms with Crippen LogP contribution in [-0.2, 0) is 16.6 Å². The van der Waals surface area contributed by atoms with E-state index in [9.17, 15) is 8.42 Å².